The lowest BCUT2D eigenvalue weighted by molar-refractivity contribution is 0.617. The van der Waals surface area contributed by atoms with Crippen LogP contribution in [-0.2, 0) is 13.1 Å². The Morgan fingerprint density at radius 2 is 2.12 bits per heavy atom. The van der Waals surface area contributed by atoms with Crippen LogP contribution in [0.5, 0.6) is 0 Å². The molecule has 0 saturated carbocycles. The molecule has 5 heteroatoms. The van der Waals surface area contributed by atoms with E-state index < -0.39 is 0 Å². The second-order valence-corrected chi connectivity index (χ2v) is 4.51. The van der Waals surface area contributed by atoms with Gasteiger partial charge in [-0.25, -0.2) is 4.39 Å². The predicted octanol–water partition coefficient (Wildman–Crippen LogP) is 2.67. The van der Waals surface area contributed by atoms with E-state index in [0.717, 1.165) is 15.7 Å². The van der Waals surface area contributed by atoms with Crippen molar-refractivity contribution in [3.8, 4) is 0 Å². The summed E-state index contributed by atoms with van der Waals surface area (Å²) in [4.78, 5) is 0. The molecule has 3 nitrogen and oxygen atoms in total. The van der Waals surface area contributed by atoms with Gasteiger partial charge in [-0.05, 0) is 35.9 Å². The zero-order valence-corrected chi connectivity index (χ0v) is 10.6. The molecular weight excluding hydrogens is 285 g/mol. The van der Waals surface area contributed by atoms with Crippen molar-refractivity contribution in [3.05, 3.63) is 58.1 Å². The number of halogens is 2. The van der Waals surface area contributed by atoms with Crippen LogP contribution >= 0.6 is 15.9 Å². The van der Waals surface area contributed by atoms with Crippen molar-refractivity contribution < 1.29 is 4.39 Å². The Labute approximate surface area is 107 Å². The molecule has 0 atom stereocenters. The Morgan fingerprint density at radius 1 is 1.24 bits per heavy atom. The van der Waals surface area contributed by atoms with Gasteiger partial charge in [0, 0.05) is 23.8 Å². The molecule has 0 unspecified atom stereocenters. The highest BCUT2D eigenvalue weighted by Crippen LogP contribution is 2.14. The first-order valence-electron chi connectivity index (χ1n) is 5.16. The van der Waals surface area contributed by atoms with Gasteiger partial charge < -0.3 is 5.32 Å². The number of aromatic nitrogens is 2. The molecule has 17 heavy (non-hydrogen) atoms. The fraction of sp³-hybridized carbons (Fsp3) is 0.167. The Bertz CT molecular complexity index is 470. The van der Waals surface area contributed by atoms with Gasteiger partial charge in [-0.15, -0.1) is 0 Å². The monoisotopic (exact) mass is 295 g/mol. The van der Waals surface area contributed by atoms with Gasteiger partial charge in [-0.2, -0.15) is 10.2 Å². The number of hydrogen-bond donors (Lipinski definition) is 1. The zero-order chi connectivity index (χ0) is 12.1. The summed E-state index contributed by atoms with van der Waals surface area (Å²) in [6.45, 7) is 1.20. The molecule has 1 aromatic heterocycles. The van der Waals surface area contributed by atoms with Crippen molar-refractivity contribution in [2.24, 2.45) is 0 Å². The number of nitrogens with zero attached hydrogens (tertiary/aromatic N) is 2. The molecule has 0 saturated heterocycles. The number of nitrogens with one attached hydrogen (secondary N) is 1. The van der Waals surface area contributed by atoms with Crippen LogP contribution in [0.4, 0.5) is 4.39 Å². The second kappa shape index (κ2) is 5.84. The second-order valence-electron chi connectivity index (χ2n) is 3.60. The standard InChI is InChI=1S/C12H11BrFN3/c13-10-4-9(5-11(14)6-10)7-15-8-12-2-1-3-16-17-12/h1-6,15H,7-8H2. The molecule has 0 aliphatic carbocycles. The highest BCUT2D eigenvalue weighted by molar-refractivity contribution is 9.10. The van der Waals surface area contributed by atoms with E-state index in [1.165, 1.54) is 12.1 Å². The average molecular weight is 296 g/mol. The van der Waals surface area contributed by atoms with E-state index in [1.54, 1.807) is 6.20 Å². The Kier molecular flexibility index (Phi) is 4.17. The molecular formula is C12H11BrFN3. The Balaban J connectivity index is 1.90. The smallest absolute Gasteiger partial charge is 0.124 e. The maximum Gasteiger partial charge on any atom is 0.124 e. The third kappa shape index (κ3) is 3.87. The van der Waals surface area contributed by atoms with Crippen LogP contribution in [-0.4, -0.2) is 10.2 Å². The molecule has 0 radical (unpaired) electrons. The highest BCUT2D eigenvalue weighted by Gasteiger charge is 1.99. The quantitative estimate of drug-likeness (QED) is 0.942. The number of hydrogen-bond acceptors (Lipinski definition) is 3. The lowest BCUT2D eigenvalue weighted by Gasteiger charge is -2.05. The van der Waals surface area contributed by atoms with E-state index in [-0.39, 0.29) is 5.82 Å². The van der Waals surface area contributed by atoms with Gasteiger partial charge in [0.15, 0.2) is 0 Å². The Hall–Kier alpha value is -1.33. The molecule has 88 valence electrons. The van der Waals surface area contributed by atoms with Crippen molar-refractivity contribution in [2.45, 2.75) is 13.1 Å². The summed E-state index contributed by atoms with van der Waals surface area (Å²) in [6, 6.07) is 8.55. The minimum Gasteiger partial charge on any atom is -0.307 e. The van der Waals surface area contributed by atoms with Crippen molar-refractivity contribution in [2.75, 3.05) is 0 Å². The SMILES string of the molecule is Fc1cc(Br)cc(CNCc2cccnn2)c1. The van der Waals surface area contributed by atoms with E-state index in [2.05, 4.69) is 31.4 Å². The Morgan fingerprint density at radius 3 is 2.82 bits per heavy atom. The molecule has 0 aliphatic rings. The zero-order valence-electron chi connectivity index (χ0n) is 9.03. The maximum atomic E-state index is 13.1. The lowest BCUT2D eigenvalue weighted by atomic mass is 10.2. The van der Waals surface area contributed by atoms with E-state index in [1.807, 2.05) is 18.2 Å². The van der Waals surface area contributed by atoms with Gasteiger partial charge in [0.05, 0.1) is 5.69 Å². The van der Waals surface area contributed by atoms with Crippen molar-refractivity contribution in [1.82, 2.24) is 15.5 Å². The van der Waals surface area contributed by atoms with Crippen molar-refractivity contribution in [3.63, 3.8) is 0 Å². The average Bonchev–Trinajstić information content (AvgIpc) is 2.29. The number of benzene rings is 1. The molecule has 0 fully saturated rings. The summed E-state index contributed by atoms with van der Waals surface area (Å²) >= 11 is 3.26. The fourth-order valence-electron chi connectivity index (χ4n) is 1.48. The largest absolute Gasteiger partial charge is 0.307 e. The summed E-state index contributed by atoms with van der Waals surface area (Å²) < 4.78 is 13.8. The predicted molar refractivity (Wildman–Crippen MR) is 66.7 cm³/mol. The summed E-state index contributed by atoms with van der Waals surface area (Å²) in [5, 5.41) is 10.9. The molecule has 0 spiro atoms. The topological polar surface area (TPSA) is 37.8 Å². The van der Waals surface area contributed by atoms with Gasteiger partial charge in [0.1, 0.15) is 5.82 Å². The van der Waals surface area contributed by atoms with Gasteiger partial charge in [0.2, 0.25) is 0 Å². The third-order valence-electron chi connectivity index (χ3n) is 2.19. The first-order chi connectivity index (χ1) is 8.24. The fourth-order valence-corrected chi connectivity index (χ4v) is 1.99. The lowest BCUT2D eigenvalue weighted by Crippen LogP contribution is -2.14. The van der Waals surface area contributed by atoms with E-state index in [4.69, 9.17) is 0 Å². The molecule has 0 aliphatic heterocycles. The van der Waals surface area contributed by atoms with Crippen molar-refractivity contribution in [1.29, 1.82) is 0 Å². The first-order valence-corrected chi connectivity index (χ1v) is 5.95. The normalized spacial score (nSPS) is 10.5. The summed E-state index contributed by atoms with van der Waals surface area (Å²) in [5.41, 5.74) is 1.75. The van der Waals surface area contributed by atoms with Gasteiger partial charge in [0.25, 0.3) is 0 Å². The van der Waals surface area contributed by atoms with Crippen LogP contribution in [0.3, 0.4) is 0 Å². The van der Waals surface area contributed by atoms with Gasteiger partial charge >= 0.3 is 0 Å². The highest BCUT2D eigenvalue weighted by atomic mass is 79.9. The van der Waals surface area contributed by atoms with Gasteiger partial charge in [-0.1, -0.05) is 15.9 Å². The molecule has 2 rings (SSSR count). The van der Waals surface area contributed by atoms with Crippen LogP contribution < -0.4 is 5.32 Å². The first kappa shape index (κ1) is 12.1. The summed E-state index contributed by atoms with van der Waals surface area (Å²) in [7, 11) is 0. The van der Waals surface area contributed by atoms with Gasteiger partial charge in [-0.3, -0.25) is 0 Å². The maximum absolute atomic E-state index is 13.1. The van der Waals surface area contributed by atoms with E-state index in [0.29, 0.717) is 13.1 Å². The van der Waals surface area contributed by atoms with Crippen LogP contribution in [0.2, 0.25) is 0 Å². The summed E-state index contributed by atoms with van der Waals surface area (Å²) in [5.74, 6) is -0.240. The summed E-state index contributed by atoms with van der Waals surface area (Å²) in [6.07, 6.45) is 1.63. The third-order valence-corrected chi connectivity index (χ3v) is 2.64. The minimum absolute atomic E-state index is 0.240. The molecule has 1 heterocycles. The van der Waals surface area contributed by atoms with Crippen molar-refractivity contribution >= 4 is 15.9 Å². The van der Waals surface area contributed by atoms with Crippen LogP contribution in [0.15, 0.2) is 41.0 Å². The molecule has 1 aromatic carbocycles. The molecule has 0 amide bonds. The van der Waals surface area contributed by atoms with E-state index in [9.17, 15) is 4.39 Å². The van der Waals surface area contributed by atoms with Crippen LogP contribution in [0, 0.1) is 5.82 Å². The van der Waals surface area contributed by atoms with E-state index >= 15 is 0 Å². The van der Waals surface area contributed by atoms with Crippen LogP contribution in [0.1, 0.15) is 11.3 Å². The molecule has 2 aromatic rings. The number of rotatable bonds is 4. The van der Waals surface area contributed by atoms with Crippen LogP contribution in [0.25, 0.3) is 0 Å². The molecule has 0 bridgehead atoms. The minimum atomic E-state index is -0.240. The molecule has 1 N–H and O–H groups in total.